The molecular formula is C12H17NO4. The average molecular weight is 239 g/mol. The summed E-state index contributed by atoms with van der Waals surface area (Å²) in [5.74, 6) is 0.151. The largest absolute Gasteiger partial charge is 0.497 e. The van der Waals surface area contributed by atoms with E-state index in [4.69, 9.17) is 19.9 Å². The second-order valence-corrected chi connectivity index (χ2v) is 3.29. The Morgan fingerprint density at radius 2 is 2.12 bits per heavy atom. The maximum Gasteiger partial charge on any atom is 0.340 e. The number of rotatable bonds is 6. The van der Waals surface area contributed by atoms with Gasteiger partial charge in [-0.05, 0) is 19.1 Å². The van der Waals surface area contributed by atoms with Crippen molar-refractivity contribution in [3.8, 4) is 5.75 Å². The van der Waals surface area contributed by atoms with Crippen molar-refractivity contribution < 1.29 is 19.0 Å². The van der Waals surface area contributed by atoms with Gasteiger partial charge in [0.15, 0.2) is 0 Å². The van der Waals surface area contributed by atoms with Crippen LogP contribution in [0.1, 0.15) is 17.3 Å². The quantitative estimate of drug-likeness (QED) is 0.462. The van der Waals surface area contributed by atoms with Crippen molar-refractivity contribution in [2.24, 2.45) is 0 Å². The first kappa shape index (κ1) is 13.3. The number of hydrogen-bond donors (Lipinski definition) is 1. The minimum atomic E-state index is -0.454. The number of hydrogen-bond acceptors (Lipinski definition) is 5. The summed E-state index contributed by atoms with van der Waals surface area (Å²) in [5.41, 5.74) is 6.39. The molecule has 0 atom stereocenters. The Hall–Kier alpha value is -1.75. The molecule has 17 heavy (non-hydrogen) atoms. The van der Waals surface area contributed by atoms with E-state index < -0.39 is 5.97 Å². The predicted molar refractivity (Wildman–Crippen MR) is 64.2 cm³/mol. The van der Waals surface area contributed by atoms with Gasteiger partial charge < -0.3 is 19.9 Å². The Morgan fingerprint density at radius 1 is 1.35 bits per heavy atom. The molecule has 0 aliphatic heterocycles. The van der Waals surface area contributed by atoms with Crippen LogP contribution in [0.2, 0.25) is 0 Å². The highest BCUT2D eigenvalue weighted by molar-refractivity contribution is 5.95. The molecule has 0 aromatic heterocycles. The molecule has 0 radical (unpaired) electrons. The number of carbonyl (C=O) groups excluding carboxylic acids is 1. The third kappa shape index (κ3) is 3.96. The summed E-state index contributed by atoms with van der Waals surface area (Å²) in [6, 6.07) is 4.83. The van der Waals surface area contributed by atoms with Gasteiger partial charge >= 0.3 is 5.97 Å². The van der Waals surface area contributed by atoms with E-state index in [0.717, 1.165) is 0 Å². The van der Waals surface area contributed by atoms with Crippen molar-refractivity contribution in [2.45, 2.75) is 6.92 Å². The lowest BCUT2D eigenvalue weighted by Crippen LogP contribution is -2.12. The molecule has 0 bridgehead atoms. The molecule has 0 aliphatic carbocycles. The van der Waals surface area contributed by atoms with Gasteiger partial charge in [-0.1, -0.05) is 0 Å². The maximum absolute atomic E-state index is 11.6. The third-order valence-electron chi connectivity index (χ3n) is 2.14. The van der Waals surface area contributed by atoms with Crippen molar-refractivity contribution in [3.63, 3.8) is 0 Å². The van der Waals surface area contributed by atoms with Crippen LogP contribution in [0.25, 0.3) is 0 Å². The summed E-state index contributed by atoms with van der Waals surface area (Å²) in [4.78, 5) is 11.6. The molecule has 0 aliphatic rings. The number of methoxy groups -OCH3 is 1. The lowest BCUT2D eigenvalue weighted by molar-refractivity contribution is 0.0336. The highest BCUT2D eigenvalue weighted by atomic mass is 16.6. The molecule has 0 fully saturated rings. The van der Waals surface area contributed by atoms with Gasteiger partial charge in [-0.3, -0.25) is 0 Å². The third-order valence-corrected chi connectivity index (χ3v) is 2.14. The summed E-state index contributed by atoms with van der Waals surface area (Å²) >= 11 is 0. The summed E-state index contributed by atoms with van der Waals surface area (Å²) < 4.78 is 15.0. The van der Waals surface area contributed by atoms with Crippen molar-refractivity contribution in [1.82, 2.24) is 0 Å². The highest BCUT2D eigenvalue weighted by Gasteiger charge is 2.11. The molecule has 5 heteroatoms. The van der Waals surface area contributed by atoms with Crippen LogP contribution < -0.4 is 10.5 Å². The smallest absolute Gasteiger partial charge is 0.340 e. The molecule has 2 N–H and O–H groups in total. The number of nitrogens with two attached hydrogens (primary N) is 1. The lowest BCUT2D eigenvalue weighted by Gasteiger charge is -2.08. The van der Waals surface area contributed by atoms with Gasteiger partial charge in [0.1, 0.15) is 12.4 Å². The number of nitrogen functional groups attached to an aromatic ring is 1. The first-order valence-electron chi connectivity index (χ1n) is 5.37. The Morgan fingerprint density at radius 3 is 2.71 bits per heavy atom. The van der Waals surface area contributed by atoms with Gasteiger partial charge in [0.25, 0.3) is 0 Å². The average Bonchev–Trinajstić information content (AvgIpc) is 2.34. The van der Waals surface area contributed by atoms with Crippen molar-refractivity contribution in [3.05, 3.63) is 23.8 Å². The van der Waals surface area contributed by atoms with E-state index in [1.54, 1.807) is 18.2 Å². The zero-order valence-electron chi connectivity index (χ0n) is 10.1. The summed E-state index contributed by atoms with van der Waals surface area (Å²) in [5, 5.41) is 0. The first-order chi connectivity index (χ1) is 8.19. The normalized spacial score (nSPS) is 10.0. The molecule has 1 rings (SSSR count). The van der Waals surface area contributed by atoms with Gasteiger partial charge in [0, 0.05) is 18.4 Å². The highest BCUT2D eigenvalue weighted by Crippen LogP contribution is 2.20. The molecule has 0 amide bonds. The summed E-state index contributed by atoms with van der Waals surface area (Å²) in [6.45, 7) is 3.09. The second kappa shape index (κ2) is 6.75. The van der Waals surface area contributed by atoms with Gasteiger partial charge in [0.05, 0.1) is 19.3 Å². The van der Waals surface area contributed by atoms with E-state index in [0.29, 0.717) is 30.2 Å². The molecule has 1 aromatic rings. The van der Waals surface area contributed by atoms with Crippen LogP contribution in [0, 0.1) is 0 Å². The Balaban J connectivity index is 2.57. The molecule has 0 heterocycles. The van der Waals surface area contributed by atoms with E-state index in [-0.39, 0.29) is 6.61 Å². The number of esters is 1. The van der Waals surface area contributed by atoms with Gasteiger partial charge in [-0.2, -0.15) is 0 Å². The van der Waals surface area contributed by atoms with Gasteiger partial charge in [-0.25, -0.2) is 4.79 Å². The Kier molecular flexibility index (Phi) is 5.29. The lowest BCUT2D eigenvalue weighted by atomic mass is 10.2. The monoisotopic (exact) mass is 239 g/mol. The first-order valence-corrected chi connectivity index (χ1v) is 5.37. The van der Waals surface area contributed by atoms with Crippen molar-refractivity contribution >= 4 is 11.7 Å². The maximum atomic E-state index is 11.6. The minimum absolute atomic E-state index is 0.220. The second-order valence-electron chi connectivity index (χ2n) is 3.29. The van der Waals surface area contributed by atoms with E-state index in [2.05, 4.69) is 0 Å². The summed E-state index contributed by atoms with van der Waals surface area (Å²) in [7, 11) is 1.54. The molecular weight excluding hydrogens is 222 g/mol. The van der Waals surface area contributed by atoms with Crippen LogP contribution in [-0.2, 0) is 9.47 Å². The Bertz CT molecular complexity index is 379. The molecule has 0 saturated heterocycles. The molecule has 0 unspecified atom stereocenters. The standard InChI is InChI=1S/C12H17NO4/c1-3-16-6-7-17-12(14)10-5-4-9(15-2)8-11(10)13/h4-5,8H,3,6-7,13H2,1-2H3. The van der Waals surface area contributed by atoms with E-state index >= 15 is 0 Å². The fourth-order valence-electron chi connectivity index (χ4n) is 1.27. The van der Waals surface area contributed by atoms with Crippen LogP contribution in [0.5, 0.6) is 5.75 Å². The topological polar surface area (TPSA) is 70.8 Å². The molecule has 0 saturated carbocycles. The molecule has 5 nitrogen and oxygen atoms in total. The van der Waals surface area contributed by atoms with Crippen molar-refractivity contribution in [2.75, 3.05) is 32.7 Å². The van der Waals surface area contributed by atoms with Crippen LogP contribution in [0.15, 0.2) is 18.2 Å². The zero-order valence-corrected chi connectivity index (χ0v) is 10.1. The molecule has 1 aromatic carbocycles. The number of anilines is 1. The number of ether oxygens (including phenoxy) is 3. The van der Waals surface area contributed by atoms with Crippen LogP contribution >= 0.6 is 0 Å². The minimum Gasteiger partial charge on any atom is -0.497 e. The van der Waals surface area contributed by atoms with Crippen LogP contribution in [0.4, 0.5) is 5.69 Å². The number of carbonyl (C=O) groups is 1. The fraction of sp³-hybridized carbons (Fsp3) is 0.417. The van der Waals surface area contributed by atoms with Crippen LogP contribution in [-0.4, -0.2) is 32.9 Å². The predicted octanol–water partition coefficient (Wildman–Crippen LogP) is 1.47. The fourth-order valence-corrected chi connectivity index (χ4v) is 1.27. The van der Waals surface area contributed by atoms with Crippen molar-refractivity contribution in [1.29, 1.82) is 0 Å². The van der Waals surface area contributed by atoms with E-state index in [1.165, 1.54) is 7.11 Å². The van der Waals surface area contributed by atoms with E-state index in [9.17, 15) is 4.79 Å². The summed E-state index contributed by atoms with van der Waals surface area (Å²) in [6.07, 6.45) is 0. The molecule has 94 valence electrons. The van der Waals surface area contributed by atoms with E-state index in [1.807, 2.05) is 6.92 Å². The Labute approximate surface area is 100 Å². The van der Waals surface area contributed by atoms with Gasteiger partial charge in [0.2, 0.25) is 0 Å². The number of benzene rings is 1. The van der Waals surface area contributed by atoms with Crippen LogP contribution in [0.3, 0.4) is 0 Å². The molecule has 0 spiro atoms. The SMILES string of the molecule is CCOCCOC(=O)c1ccc(OC)cc1N. The zero-order chi connectivity index (χ0) is 12.7. The van der Waals surface area contributed by atoms with Gasteiger partial charge in [-0.15, -0.1) is 0 Å².